The number of alkyl halides is 1. The van der Waals surface area contributed by atoms with Crippen molar-refractivity contribution in [2.45, 2.75) is 19.4 Å². The lowest BCUT2D eigenvalue weighted by molar-refractivity contribution is 0.727. The Morgan fingerprint density at radius 3 is 2.86 bits per heavy atom. The quantitative estimate of drug-likeness (QED) is 0.657. The average molecular weight is 230 g/mol. The van der Waals surface area contributed by atoms with Crippen molar-refractivity contribution in [2.75, 3.05) is 5.88 Å². The molecule has 1 aromatic rings. The van der Waals surface area contributed by atoms with Crippen LogP contribution in [0.15, 0.2) is 29.3 Å². The minimum absolute atomic E-state index is 0. The molecular formula is C11H13Cl2N. The SMILES string of the molecule is CC1Cc2ccccc2C(CCl)=N1.Cl. The van der Waals surface area contributed by atoms with E-state index >= 15 is 0 Å². The van der Waals surface area contributed by atoms with Gasteiger partial charge < -0.3 is 0 Å². The van der Waals surface area contributed by atoms with Crippen LogP contribution in [0.1, 0.15) is 18.1 Å². The predicted octanol–water partition coefficient (Wildman–Crippen LogP) is 3.08. The van der Waals surface area contributed by atoms with Gasteiger partial charge in [0.1, 0.15) is 0 Å². The molecule has 1 aliphatic heterocycles. The second kappa shape index (κ2) is 4.81. The molecule has 1 nitrogen and oxygen atoms in total. The molecule has 0 spiro atoms. The highest BCUT2D eigenvalue weighted by Gasteiger charge is 2.16. The smallest absolute Gasteiger partial charge is 0.0649 e. The van der Waals surface area contributed by atoms with Gasteiger partial charge in [0.2, 0.25) is 0 Å². The molecule has 0 N–H and O–H groups in total. The minimum Gasteiger partial charge on any atom is -0.284 e. The van der Waals surface area contributed by atoms with Crippen molar-refractivity contribution in [2.24, 2.45) is 4.99 Å². The first kappa shape index (κ1) is 11.5. The van der Waals surface area contributed by atoms with E-state index in [2.05, 4.69) is 30.1 Å². The summed E-state index contributed by atoms with van der Waals surface area (Å²) in [5.74, 6) is 0.515. The zero-order valence-corrected chi connectivity index (χ0v) is 9.61. The van der Waals surface area contributed by atoms with Crippen molar-refractivity contribution in [3.8, 4) is 0 Å². The highest BCUT2D eigenvalue weighted by atomic mass is 35.5. The Hall–Kier alpha value is -0.530. The summed E-state index contributed by atoms with van der Waals surface area (Å²) in [4.78, 5) is 4.53. The Morgan fingerprint density at radius 2 is 2.14 bits per heavy atom. The third-order valence-corrected chi connectivity index (χ3v) is 2.60. The van der Waals surface area contributed by atoms with Gasteiger partial charge in [0.05, 0.1) is 17.6 Å². The molecule has 1 aliphatic rings. The van der Waals surface area contributed by atoms with Crippen LogP contribution in [0.2, 0.25) is 0 Å². The number of benzene rings is 1. The molecular weight excluding hydrogens is 217 g/mol. The molecule has 1 aromatic carbocycles. The van der Waals surface area contributed by atoms with Crippen LogP contribution in [0.4, 0.5) is 0 Å². The molecule has 1 atom stereocenters. The van der Waals surface area contributed by atoms with Crippen LogP contribution in [0.3, 0.4) is 0 Å². The van der Waals surface area contributed by atoms with E-state index in [4.69, 9.17) is 11.6 Å². The summed E-state index contributed by atoms with van der Waals surface area (Å²) in [5, 5.41) is 0. The molecule has 76 valence electrons. The van der Waals surface area contributed by atoms with Crippen LogP contribution in [-0.4, -0.2) is 17.6 Å². The van der Waals surface area contributed by atoms with E-state index < -0.39 is 0 Å². The molecule has 0 saturated carbocycles. The van der Waals surface area contributed by atoms with Gasteiger partial charge in [0, 0.05) is 5.56 Å². The number of halogens is 2. The number of hydrogen-bond donors (Lipinski definition) is 0. The van der Waals surface area contributed by atoms with Crippen LogP contribution in [0.25, 0.3) is 0 Å². The van der Waals surface area contributed by atoms with Crippen molar-refractivity contribution in [3.05, 3.63) is 35.4 Å². The summed E-state index contributed by atoms with van der Waals surface area (Å²) in [6.07, 6.45) is 1.04. The topological polar surface area (TPSA) is 12.4 Å². The van der Waals surface area contributed by atoms with Gasteiger partial charge in [0.15, 0.2) is 0 Å². The molecule has 0 aromatic heterocycles. The van der Waals surface area contributed by atoms with Crippen molar-refractivity contribution in [1.82, 2.24) is 0 Å². The van der Waals surface area contributed by atoms with Crippen molar-refractivity contribution >= 4 is 29.7 Å². The first-order valence-electron chi connectivity index (χ1n) is 4.52. The largest absolute Gasteiger partial charge is 0.284 e. The summed E-state index contributed by atoms with van der Waals surface area (Å²) in [6, 6.07) is 8.75. The summed E-state index contributed by atoms with van der Waals surface area (Å²) in [7, 11) is 0. The van der Waals surface area contributed by atoms with Crippen LogP contribution >= 0.6 is 24.0 Å². The van der Waals surface area contributed by atoms with Crippen molar-refractivity contribution in [1.29, 1.82) is 0 Å². The van der Waals surface area contributed by atoms with Crippen molar-refractivity contribution in [3.63, 3.8) is 0 Å². The molecule has 0 fully saturated rings. The third kappa shape index (κ3) is 2.10. The first-order valence-corrected chi connectivity index (χ1v) is 5.05. The summed E-state index contributed by atoms with van der Waals surface area (Å²) in [6.45, 7) is 2.13. The minimum atomic E-state index is 0. The zero-order valence-electron chi connectivity index (χ0n) is 8.03. The number of rotatable bonds is 1. The summed E-state index contributed by atoms with van der Waals surface area (Å²) < 4.78 is 0. The number of hydrogen-bond acceptors (Lipinski definition) is 1. The monoisotopic (exact) mass is 229 g/mol. The zero-order chi connectivity index (χ0) is 9.26. The summed E-state index contributed by atoms with van der Waals surface area (Å²) >= 11 is 5.84. The van der Waals surface area contributed by atoms with Gasteiger partial charge in [-0.3, -0.25) is 4.99 Å². The van der Waals surface area contributed by atoms with Crippen molar-refractivity contribution < 1.29 is 0 Å². The fourth-order valence-corrected chi connectivity index (χ4v) is 2.00. The molecule has 3 heteroatoms. The van der Waals surface area contributed by atoms with Crippen LogP contribution < -0.4 is 0 Å². The Bertz CT molecular complexity index is 347. The van der Waals surface area contributed by atoms with E-state index in [0.29, 0.717) is 11.9 Å². The lowest BCUT2D eigenvalue weighted by Gasteiger charge is -2.19. The molecule has 1 heterocycles. The number of nitrogens with zero attached hydrogens (tertiary/aromatic N) is 1. The fraction of sp³-hybridized carbons (Fsp3) is 0.364. The van der Waals surface area contributed by atoms with E-state index in [1.165, 1.54) is 11.1 Å². The van der Waals surface area contributed by atoms with Gasteiger partial charge in [-0.1, -0.05) is 24.3 Å². The average Bonchev–Trinajstić information content (AvgIpc) is 2.16. The predicted molar refractivity (Wildman–Crippen MR) is 64.1 cm³/mol. The normalized spacial score (nSPS) is 19.3. The van der Waals surface area contributed by atoms with Crippen LogP contribution in [0.5, 0.6) is 0 Å². The Morgan fingerprint density at radius 1 is 1.43 bits per heavy atom. The van der Waals surface area contributed by atoms with Gasteiger partial charge in [0.25, 0.3) is 0 Å². The maximum atomic E-state index is 5.84. The molecule has 14 heavy (non-hydrogen) atoms. The van der Waals surface area contributed by atoms with E-state index in [9.17, 15) is 0 Å². The first-order chi connectivity index (χ1) is 6.31. The number of fused-ring (bicyclic) bond motifs is 1. The standard InChI is InChI=1S/C11H12ClN.ClH/c1-8-6-9-4-2-3-5-10(9)11(7-12)13-8;/h2-5,8H,6-7H2,1H3;1H. The highest BCUT2D eigenvalue weighted by molar-refractivity contribution is 6.32. The van der Waals surface area contributed by atoms with E-state index in [0.717, 1.165) is 12.1 Å². The molecule has 0 amide bonds. The maximum Gasteiger partial charge on any atom is 0.0649 e. The molecule has 2 rings (SSSR count). The molecule has 0 bridgehead atoms. The van der Waals surface area contributed by atoms with Gasteiger partial charge in [-0.05, 0) is 18.9 Å². The summed E-state index contributed by atoms with van der Waals surface area (Å²) in [5.41, 5.74) is 3.65. The maximum absolute atomic E-state index is 5.84. The van der Waals surface area contributed by atoms with E-state index in [1.807, 2.05) is 6.07 Å². The van der Waals surface area contributed by atoms with Crippen LogP contribution in [-0.2, 0) is 6.42 Å². The highest BCUT2D eigenvalue weighted by Crippen LogP contribution is 2.19. The Balaban J connectivity index is 0.000000980. The number of aliphatic imine (C=N–C) groups is 1. The Labute approximate surface area is 95.6 Å². The van der Waals surface area contributed by atoms with E-state index in [1.54, 1.807) is 0 Å². The second-order valence-electron chi connectivity index (χ2n) is 3.42. The van der Waals surface area contributed by atoms with Crippen LogP contribution in [0, 0.1) is 0 Å². The molecule has 0 saturated heterocycles. The van der Waals surface area contributed by atoms with Gasteiger partial charge >= 0.3 is 0 Å². The lowest BCUT2D eigenvalue weighted by Crippen LogP contribution is -2.19. The van der Waals surface area contributed by atoms with Gasteiger partial charge in [-0.25, -0.2) is 0 Å². The van der Waals surface area contributed by atoms with Gasteiger partial charge in [-0.2, -0.15) is 0 Å². The Kier molecular flexibility index (Phi) is 3.97. The molecule has 1 unspecified atom stereocenters. The fourth-order valence-electron chi connectivity index (χ4n) is 1.79. The van der Waals surface area contributed by atoms with E-state index in [-0.39, 0.29) is 12.4 Å². The second-order valence-corrected chi connectivity index (χ2v) is 3.69. The third-order valence-electron chi connectivity index (χ3n) is 2.35. The lowest BCUT2D eigenvalue weighted by atomic mass is 9.95. The van der Waals surface area contributed by atoms with Gasteiger partial charge in [-0.15, -0.1) is 24.0 Å². The molecule has 0 aliphatic carbocycles. The molecule has 0 radical (unpaired) electrons.